The first-order valence-corrected chi connectivity index (χ1v) is 8.61. The van der Waals surface area contributed by atoms with E-state index in [1.165, 1.54) is 0 Å². The van der Waals surface area contributed by atoms with Crippen molar-refractivity contribution in [1.82, 2.24) is 14.5 Å². The van der Waals surface area contributed by atoms with E-state index in [0.717, 1.165) is 52.9 Å². The summed E-state index contributed by atoms with van der Waals surface area (Å²) in [6.45, 7) is 7.27. The molecule has 6 heteroatoms. The van der Waals surface area contributed by atoms with Crippen molar-refractivity contribution in [2.45, 2.75) is 40.2 Å². The van der Waals surface area contributed by atoms with Gasteiger partial charge in [-0.25, -0.2) is 9.97 Å². The Kier molecular flexibility index (Phi) is 4.88. The number of aromatic nitrogens is 3. The maximum Gasteiger partial charge on any atom is 0.152 e. The molecule has 0 saturated heterocycles. The van der Waals surface area contributed by atoms with Crippen LogP contribution in [0.25, 0.3) is 21.9 Å². The molecule has 0 fully saturated rings. The Morgan fingerprint density at radius 1 is 1.28 bits per heavy atom. The van der Waals surface area contributed by atoms with Crippen LogP contribution in [-0.4, -0.2) is 27.4 Å². The fraction of sp³-hybridized carbons (Fsp3) is 0.421. The summed E-state index contributed by atoms with van der Waals surface area (Å²) in [6.07, 6.45) is 1.58. The Morgan fingerprint density at radius 3 is 2.76 bits per heavy atom. The Bertz CT molecular complexity index is 926. The molecule has 132 valence electrons. The molecule has 25 heavy (non-hydrogen) atoms. The highest BCUT2D eigenvalue weighted by molar-refractivity contribution is 6.06. The summed E-state index contributed by atoms with van der Waals surface area (Å²) in [5, 5.41) is 5.09. The monoisotopic (exact) mass is 339 g/mol. The molecule has 0 unspecified atom stereocenters. The summed E-state index contributed by atoms with van der Waals surface area (Å²) in [6, 6.07) is 8.09. The maximum atomic E-state index is 6.21. The van der Waals surface area contributed by atoms with Crippen LogP contribution in [0.5, 0.6) is 0 Å². The predicted molar refractivity (Wildman–Crippen MR) is 103 cm³/mol. The minimum absolute atomic E-state index is 0.486. The Morgan fingerprint density at radius 2 is 2.04 bits per heavy atom. The number of para-hydroxylation sites is 1. The number of rotatable bonds is 6. The van der Waals surface area contributed by atoms with Crippen LogP contribution in [0.2, 0.25) is 0 Å². The van der Waals surface area contributed by atoms with E-state index in [1.54, 1.807) is 7.11 Å². The van der Waals surface area contributed by atoms with Crippen molar-refractivity contribution in [3.63, 3.8) is 0 Å². The molecular weight excluding hydrogens is 314 g/mol. The fourth-order valence-electron chi connectivity index (χ4n) is 3.15. The standard InChI is InChI=1S/C19H25N5O/c1-12(2)11-24-16(10-9-13(3)23-25-4)22-17-18(24)14-7-5-6-8-15(14)21-19(17)20/h5-8,12H,9-11H2,1-4H3,(H2,20,21)/b23-13+. The van der Waals surface area contributed by atoms with Crippen LogP contribution in [0.4, 0.5) is 5.82 Å². The number of nitrogen functional groups attached to an aromatic ring is 1. The van der Waals surface area contributed by atoms with Gasteiger partial charge in [0.1, 0.15) is 18.5 Å². The molecule has 0 spiro atoms. The predicted octanol–water partition coefficient (Wildman–Crippen LogP) is 3.78. The summed E-state index contributed by atoms with van der Waals surface area (Å²) in [4.78, 5) is 14.2. The molecule has 0 radical (unpaired) electrons. The topological polar surface area (TPSA) is 78.3 Å². The lowest BCUT2D eigenvalue weighted by Gasteiger charge is -2.13. The number of nitrogens with zero attached hydrogens (tertiary/aromatic N) is 4. The molecule has 0 atom stereocenters. The highest BCUT2D eigenvalue weighted by Crippen LogP contribution is 2.29. The second kappa shape index (κ2) is 7.09. The molecule has 2 heterocycles. The van der Waals surface area contributed by atoms with Gasteiger partial charge in [-0.15, -0.1) is 0 Å². The van der Waals surface area contributed by atoms with Crippen molar-refractivity contribution in [2.24, 2.45) is 11.1 Å². The molecule has 0 amide bonds. The van der Waals surface area contributed by atoms with Crippen LogP contribution in [-0.2, 0) is 17.8 Å². The highest BCUT2D eigenvalue weighted by Gasteiger charge is 2.17. The van der Waals surface area contributed by atoms with Crippen LogP contribution in [0.1, 0.15) is 33.0 Å². The van der Waals surface area contributed by atoms with Crippen molar-refractivity contribution in [2.75, 3.05) is 12.8 Å². The molecular formula is C19H25N5O. The molecule has 0 aliphatic carbocycles. The number of hydrogen-bond acceptors (Lipinski definition) is 5. The van der Waals surface area contributed by atoms with Crippen LogP contribution in [0.3, 0.4) is 0 Å². The number of nitrogens with two attached hydrogens (primary N) is 1. The van der Waals surface area contributed by atoms with Crippen molar-refractivity contribution in [1.29, 1.82) is 0 Å². The summed E-state index contributed by atoms with van der Waals surface area (Å²) in [5.41, 5.74) is 9.92. The zero-order chi connectivity index (χ0) is 18.0. The van der Waals surface area contributed by atoms with Gasteiger partial charge in [-0.3, -0.25) is 0 Å². The third-order valence-corrected chi connectivity index (χ3v) is 4.19. The molecule has 2 N–H and O–H groups in total. The first-order chi connectivity index (χ1) is 12.0. The highest BCUT2D eigenvalue weighted by atomic mass is 16.6. The lowest BCUT2D eigenvalue weighted by Crippen LogP contribution is -2.10. The van der Waals surface area contributed by atoms with Gasteiger partial charge in [0.15, 0.2) is 5.82 Å². The number of hydrogen-bond donors (Lipinski definition) is 1. The quantitative estimate of drug-likeness (QED) is 0.547. The number of pyridine rings is 1. The first-order valence-electron chi connectivity index (χ1n) is 8.61. The minimum Gasteiger partial charge on any atom is -0.399 e. The average molecular weight is 339 g/mol. The van der Waals surface area contributed by atoms with E-state index in [4.69, 9.17) is 15.6 Å². The Hall–Kier alpha value is -2.63. The summed E-state index contributed by atoms with van der Waals surface area (Å²) in [5.74, 6) is 2.00. The molecule has 1 aromatic carbocycles. The molecule has 0 aliphatic heterocycles. The van der Waals surface area contributed by atoms with Gasteiger partial charge >= 0.3 is 0 Å². The Labute approximate surface area is 147 Å². The van der Waals surface area contributed by atoms with Gasteiger partial charge in [0.25, 0.3) is 0 Å². The van der Waals surface area contributed by atoms with Crippen LogP contribution in [0.15, 0.2) is 29.4 Å². The smallest absolute Gasteiger partial charge is 0.152 e. The molecule has 2 aromatic heterocycles. The van der Waals surface area contributed by atoms with Gasteiger partial charge in [-0.2, -0.15) is 0 Å². The second-order valence-electron chi connectivity index (χ2n) is 6.75. The van der Waals surface area contributed by atoms with Crippen molar-refractivity contribution in [3.05, 3.63) is 30.1 Å². The van der Waals surface area contributed by atoms with Crippen LogP contribution in [0, 0.1) is 5.92 Å². The Balaban J connectivity index is 2.17. The molecule has 3 rings (SSSR count). The van der Waals surface area contributed by atoms with E-state index in [-0.39, 0.29) is 0 Å². The summed E-state index contributed by atoms with van der Waals surface area (Å²) in [7, 11) is 1.57. The zero-order valence-electron chi connectivity index (χ0n) is 15.3. The third kappa shape index (κ3) is 3.43. The number of fused-ring (bicyclic) bond motifs is 3. The van der Waals surface area contributed by atoms with Gasteiger partial charge in [-0.1, -0.05) is 37.2 Å². The number of benzene rings is 1. The van der Waals surface area contributed by atoms with E-state index >= 15 is 0 Å². The summed E-state index contributed by atoms with van der Waals surface area (Å²) >= 11 is 0. The van der Waals surface area contributed by atoms with Gasteiger partial charge < -0.3 is 15.1 Å². The van der Waals surface area contributed by atoms with Gasteiger partial charge in [-0.05, 0) is 25.3 Å². The van der Waals surface area contributed by atoms with Crippen LogP contribution < -0.4 is 5.73 Å². The molecule has 0 saturated carbocycles. The lowest BCUT2D eigenvalue weighted by atomic mass is 10.1. The van der Waals surface area contributed by atoms with E-state index < -0.39 is 0 Å². The van der Waals surface area contributed by atoms with E-state index in [0.29, 0.717) is 11.7 Å². The van der Waals surface area contributed by atoms with Gasteiger partial charge in [0, 0.05) is 18.4 Å². The van der Waals surface area contributed by atoms with Gasteiger partial charge in [0.05, 0.1) is 16.7 Å². The third-order valence-electron chi connectivity index (χ3n) is 4.19. The van der Waals surface area contributed by atoms with E-state index in [1.807, 2.05) is 25.1 Å². The first kappa shape index (κ1) is 17.2. The number of oxime groups is 1. The van der Waals surface area contributed by atoms with Crippen LogP contribution >= 0.6 is 0 Å². The number of imidazole rings is 1. The van der Waals surface area contributed by atoms with E-state index in [2.05, 4.69) is 34.6 Å². The van der Waals surface area contributed by atoms with Crippen molar-refractivity contribution >= 4 is 33.5 Å². The SMILES string of the molecule is CO/N=C(\C)CCc1nc2c(N)nc3ccccc3c2n1CC(C)C. The van der Waals surface area contributed by atoms with Gasteiger partial charge in [0.2, 0.25) is 0 Å². The molecule has 3 aromatic rings. The second-order valence-corrected chi connectivity index (χ2v) is 6.75. The lowest BCUT2D eigenvalue weighted by molar-refractivity contribution is 0.212. The minimum atomic E-state index is 0.486. The molecule has 6 nitrogen and oxygen atoms in total. The van der Waals surface area contributed by atoms with Crippen molar-refractivity contribution < 1.29 is 4.84 Å². The average Bonchev–Trinajstić information content (AvgIpc) is 2.92. The number of aryl methyl sites for hydroxylation is 1. The molecule has 0 aliphatic rings. The van der Waals surface area contributed by atoms with Crippen molar-refractivity contribution in [3.8, 4) is 0 Å². The van der Waals surface area contributed by atoms with E-state index in [9.17, 15) is 0 Å². The number of anilines is 1. The largest absolute Gasteiger partial charge is 0.399 e. The maximum absolute atomic E-state index is 6.21. The zero-order valence-corrected chi connectivity index (χ0v) is 15.3. The normalized spacial score (nSPS) is 12.4. The fourth-order valence-corrected chi connectivity index (χ4v) is 3.15. The molecule has 0 bridgehead atoms. The summed E-state index contributed by atoms with van der Waals surface area (Å²) < 4.78 is 2.29.